The van der Waals surface area contributed by atoms with E-state index >= 15 is 0 Å². The Labute approximate surface area is 149 Å². The van der Waals surface area contributed by atoms with Crippen molar-refractivity contribution in [1.29, 1.82) is 0 Å². The molecule has 0 unspecified atom stereocenters. The van der Waals surface area contributed by atoms with Crippen molar-refractivity contribution >= 4 is 18.3 Å². The van der Waals surface area contributed by atoms with E-state index in [1.807, 2.05) is 19.1 Å². The molecule has 6 heteroatoms. The van der Waals surface area contributed by atoms with E-state index in [-0.39, 0.29) is 29.6 Å². The van der Waals surface area contributed by atoms with Crippen LogP contribution in [0.4, 0.5) is 0 Å². The van der Waals surface area contributed by atoms with Crippen LogP contribution in [0, 0.1) is 5.92 Å². The molecule has 2 fully saturated rings. The third kappa shape index (κ3) is 4.21. The monoisotopic (exact) mass is 354 g/mol. The largest absolute Gasteiger partial charge is 0.494 e. The van der Waals surface area contributed by atoms with Gasteiger partial charge in [0.15, 0.2) is 0 Å². The first-order chi connectivity index (χ1) is 11.2. The maximum atomic E-state index is 12.2. The second kappa shape index (κ2) is 8.70. The fraction of sp³-hybridized carbons (Fsp3) is 0.611. The van der Waals surface area contributed by atoms with Crippen molar-refractivity contribution in [2.24, 2.45) is 5.92 Å². The maximum Gasteiger partial charge on any atom is 0.225 e. The molecule has 0 saturated carbocycles. The van der Waals surface area contributed by atoms with Gasteiger partial charge in [-0.25, -0.2) is 0 Å². The highest BCUT2D eigenvalue weighted by Crippen LogP contribution is 2.35. The molecule has 0 radical (unpaired) electrons. The Balaban J connectivity index is 0.00000208. The highest BCUT2D eigenvalue weighted by atomic mass is 35.5. The van der Waals surface area contributed by atoms with Crippen molar-refractivity contribution in [3.63, 3.8) is 0 Å². The summed E-state index contributed by atoms with van der Waals surface area (Å²) >= 11 is 0. The number of carbonyl (C=O) groups excluding carboxylic acids is 1. The van der Waals surface area contributed by atoms with Crippen LogP contribution >= 0.6 is 12.4 Å². The lowest BCUT2D eigenvalue weighted by Crippen LogP contribution is -2.53. The quantitative estimate of drug-likeness (QED) is 0.819. The number of hydrogen-bond acceptors (Lipinski definition) is 4. The van der Waals surface area contributed by atoms with Gasteiger partial charge in [-0.2, -0.15) is 0 Å². The Morgan fingerprint density at radius 2 is 1.96 bits per heavy atom. The molecule has 24 heavy (non-hydrogen) atoms. The molecular weight excluding hydrogens is 328 g/mol. The van der Waals surface area contributed by atoms with E-state index in [1.165, 1.54) is 5.56 Å². The predicted molar refractivity (Wildman–Crippen MR) is 96.0 cm³/mol. The molecule has 1 aromatic carbocycles. The molecule has 2 saturated heterocycles. The zero-order valence-corrected chi connectivity index (χ0v) is 15.0. The van der Waals surface area contributed by atoms with Gasteiger partial charge in [-0.15, -0.1) is 12.4 Å². The molecule has 134 valence electrons. The van der Waals surface area contributed by atoms with E-state index in [2.05, 4.69) is 22.8 Å². The number of benzene rings is 1. The van der Waals surface area contributed by atoms with Gasteiger partial charge in [-0.1, -0.05) is 12.1 Å². The predicted octanol–water partition coefficient (Wildman–Crippen LogP) is 1.89. The first-order valence-corrected chi connectivity index (χ1v) is 8.53. The van der Waals surface area contributed by atoms with Crippen LogP contribution in [-0.2, 0) is 14.9 Å². The summed E-state index contributed by atoms with van der Waals surface area (Å²) in [6.45, 7) is 6.42. The van der Waals surface area contributed by atoms with Crippen LogP contribution < -0.4 is 15.4 Å². The summed E-state index contributed by atoms with van der Waals surface area (Å²) in [7, 11) is 0. The summed E-state index contributed by atoms with van der Waals surface area (Å²) in [5, 5.41) is 6.31. The number of hydrogen-bond donors (Lipinski definition) is 2. The molecule has 1 amide bonds. The summed E-state index contributed by atoms with van der Waals surface area (Å²) in [5.41, 5.74) is 1.23. The number of halogens is 1. The summed E-state index contributed by atoms with van der Waals surface area (Å²) in [6.07, 6.45) is 1.87. The minimum absolute atomic E-state index is 0. The summed E-state index contributed by atoms with van der Waals surface area (Å²) in [5.74, 6) is 1.19. The molecule has 1 aromatic rings. The highest BCUT2D eigenvalue weighted by Gasteiger charge is 2.36. The fourth-order valence-electron chi connectivity index (χ4n) is 3.28. The highest BCUT2D eigenvalue weighted by molar-refractivity contribution is 5.85. The maximum absolute atomic E-state index is 12.2. The van der Waals surface area contributed by atoms with Crippen LogP contribution in [-0.4, -0.2) is 45.4 Å². The molecule has 2 N–H and O–H groups in total. The van der Waals surface area contributed by atoms with Crippen molar-refractivity contribution < 1.29 is 14.3 Å². The first kappa shape index (κ1) is 19.0. The van der Waals surface area contributed by atoms with E-state index in [4.69, 9.17) is 9.47 Å². The Bertz CT molecular complexity index is 526. The zero-order valence-electron chi connectivity index (χ0n) is 14.2. The first-order valence-electron chi connectivity index (χ1n) is 8.53. The van der Waals surface area contributed by atoms with Crippen LogP contribution in [0.5, 0.6) is 5.75 Å². The Morgan fingerprint density at radius 3 is 2.50 bits per heavy atom. The topological polar surface area (TPSA) is 59.6 Å². The van der Waals surface area contributed by atoms with Crippen LogP contribution in [0.15, 0.2) is 24.3 Å². The van der Waals surface area contributed by atoms with Gasteiger partial charge in [-0.05, 0) is 37.5 Å². The number of nitrogens with one attached hydrogen (secondary N) is 2. The Hall–Kier alpha value is -1.30. The van der Waals surface area contributed by atoms with Gasteiger partial charge >= 0.3 is 0 Å². The minimum atomic E-state index is -0.0319. The van der Waals surface area contributed by atoms with Crippen molar-refractivity contribution in [2.45, 2.75) is 25.2 Å². The Morgan fingerprint density at radius 1 is 1.29 bits per heavy atom. The van der Waals surface area contributed by atoms with E-state index in [9.17, 15) is 4.79 Å². The van der Waals surface area contributed by atoms with Crippen molar-refractivity contribution in [1.82, 2.24) is 10.6 Å². The lowest BCUT2D eigenvalue weighted by molar-refractivity contribution is -0.126. The molecule has 0 aliphatic carbocycles. The molecule has 0 atom stereocenters. The van der Waals surface area contributed by atoms with Gasteiger partial charge < -0.3 is 20.1 Å². The summed E-state index contributed by atoms with van der Waals surface area (Å²) < 4.78 is 11.1. The lowest BCUT2D eigenvalue weighted by Gasteiger charge is -2.38. The molecule has 2 aliphatic heterocycles. The smallest absolute Gasteiger partial charge is 0.225 e. The van der Waals surface area contributed by atoms with Gasteiger partial charge in [0.25, 0.3) is 0 Å². The van der Waals surface area contributed by atoms with E-state index in [1.54, 1.807) is 0 Å². The number of ether oxygens (including phenoxy) is 2. The third-order valence-corrected chi connectivity index (χ3v) is 4.98. The second-order valence-corrected chi connectivity index (χ2v) is 6.42. The molecule has 3 rings (SSSR count). The van der Waals surface area contributed by atoms with E-state index in [0.717, 1.165) is 44.9 Å². The van der Waals surface area contributed by atoms with Gasteiger partial charge in [0, 0.05) is 38.3 Å². The molecule has 2 heterocycles. The van der Waals surface area contributed by atoms with Crippen molar-refractivity contribution in [3.05, 3.63) is 29.8 Å². The minimum Gasteiger partial charge on any atom is -0.494 e. The number of rotatable bonds is 6. The van der Waals surface area contributed by atoms with E-state index in [0.29, 0.717) is 13.2 Å². The van der Waals surface area contributed by atoms with Crippen molar-refractivity contribution in [2.75, 3.05) is 39.5 Å². The normalized spacial score (nSPS) is 19.7. The standard InChI is InChI=1S/C18H26N2O3.ClH/c1-2-23-16-5-3-15(4-6-16)18(7-9-22-10-8-18)13-20-17(21)14-11-19-12-14;/h3-6,14,19H,2,7-13H2,1H3,(H,20,21);1H. The summed E-state index contributed by atoms with van der Waals surface area (Å²) in [4.78, 5) is 12.2. The van der Waals surface area contributed by atoms with Gasteiger partial charge in [-0.3, -0.25) is 4.79 Å². The third-order valence-electron chi connectivity index (χ3n) is 4.98. The Kier molecular flexibility index (Phi) is 6.90. The van der Waals surface area contributed by atoms with Crippen LogP contribution in [0.2, 0.25) is 0 Å². The molecule has 0 spiro atoms. The van der Waals surface area contributed by atoms with E-state index < -0.39 is 0 Å². The second-order valence-electron chi connectivity index (χ2n) is 6.42. The molecule has 5 nitrogen and oxygen atoms in total. The SMILES string of the molecule is CCOc1ccc(C2(CNC(=O)C3CNC3)CCOCC2)cc1.Cl. The van der Waals surface area contributed by atoms with Gasteiger partial charge in [0.05, 0.1) is 12.5 Å². The molecule has 0 bridgehead atoms. The van der Waals surface area contributed by atoms with Crippen molar-refractivity contribution in [3.8, 4) is 5.75 Å². The van der Waals surface area contributed by atoms with Crippen LogP contribution in [0.3, 0.4) is 0 Å². The average molecular weight is 355 g/mol. The molecule has 0 aromatic heterocycles. The fourth-order valence-corrected chi connectivity index (χ4v) is 3.28. The summed E-state index contributed by atoms with van der Waals surface area (Å²) in [6, 6.07) is 8.31. The van der Waals surface area contributed by atoms with Gasteiger partial charge in [0.1, 0.15) is 5.75 Å². The lowest BCUT2D eigenvalue weighted by atomic mass is 9.74. The van der Waals surface area contributed by atoms with Gasteiger partial charge in [0.2, 0.25) is 5.91 Å². The molecule has 2 aliphatic rings. The van der Waals surface area contributed by atoms with Crippen LogP contribution in [0.1, 0.15) is 25.3 Å². The number of amides is 1. The zero-order chi connectivity index (χ0) is 16.1. The average Bonchev–Trinajstić information content (AvgIpc) is 2.53. The molecular formula is C18H27ClN2O3. The number of carbonyl (C=O) groups is 1. The van der Waals surface area contributed by atoms with Crippen LogP contribution in [0.25, 0.3) is 0 Å².